The lowest BCUT2D eigenvalue weighted by molar-refractivity contribution is -0.0000299. The Hall–Kier alpha value is -3.14. The summed E-state index contributed by atoms with van der Waals surface area (Å²) in [6, 6.07) is 37.4. The molecule has 228 valence electrons. The van der Waals surface area contributed by atoms with Gasteiger partial charge in [-0.2, -0.15) is 0 Å². The number of carbonyl (C=O) groups excluding carboxylic acids is 1. The van der Waals surface area contributed by atoms with E-state index in [-0.39, 0.29) is 34.0 Å². The predicted octanol–water partition coefficient (Wildman–Crippen LogP) is 5.15. The molecule has 2 N–H and O–H groups in total. The van der Waals surface area contributed by atoms with Crippen molar-refractivity contribution in [1.29, 1.82) is 0 Å². The van der Waals surface area contributed by atoms with Crippen LogP contribution in [0.15, 0.2) is 109 Å². The fourth-order valence-corrected chi connectivity index (χ4v) is 10.1. The minimum atomic E-state index is -1.72. The van der Waals surface area contributed by atoms with E-state index in [9.17, 15) is 15.0 Å². The normalized spacial score (nSPS) is 11.1. The number of benzene rings is 4. The lowest BCUT2D eigenvalue weighted by Gasteiger charge is -2.27. The van der Waals surface area contributed by atoms with E-state index in [1.165, 1.54) is 79.2 Å². The van der Waals surface area contributed by atoms with Gasteiger partial charge >= 0.3 is 5.97 Å². The summed E-state index contributed by atoms with van der Waals surface area (Å²) in [6.45, 7) is 0.345. The summed E-state index contributed by atoms with van der Waals surface area (Å²) in [7, 11) is -1.72. The molecule has 0 saturated heterocycles. The van der Waals surface area contributed by atoms with Gasteiger partial charge in [0.25, 0.3) is 0 Å². The van der Waals surface area contributed by atoms with E-state index in [2.05, 4.69) is 91.0 Å². The number of hydrogen-bond acceptors (Lipinski definition) is 4. The van der Waals surface area contributed by atoms with Gasteiger partial charge in [0.1, 0.15) is 40.2 Å². The monoisotopic (exact) mass is 662 g/mol. The standard InChI is InChI=1S/C37H43O4P.BrH/c38-31-26-27-35(36(39)30-31)37(40)41-28-18-7-5-3-1-2-4-6-8-19-29-42(32-20-12-9-13-21-32,33-22-14-10-15-23-33)34-24-16-11-17-25-34;/h9-17,20-27,30H,1-8,18-19,28-29H2,(H-,38,39,40);1H. The lowest BCUT2D eigenvalue weighted by Crippen LogP contribution is -3.00. The van der Waals surface area contributed by atoms with Gasteiger partial charge in [0.15, 0.2) is 0 Å². The number of carbonyl (C=O) groups is 1. The summed E-state index contributed by atoms with van der Waals surface area (Å²) in [5, 5.41) is 23.5. The topological polar surface area (TPSA) is 66.8 Å². The number of unbranched alkanes of at least 4 members (excludes halogenated alkanes) is 9. The average molecular weight is 664 g/mol. The molecule has 0 atom stereocenters. The molecular weight excluding hydrogens is 619 g/mol. The van der Waals surface area contributed by atoms with Crippen molar-refractivity contribution in [2.45, 2.75) is 64.2 Å². The van der Waals surface area contributed by atoms with E-state index in [1.54, 1.807) is 0 Å². The van der Waals surface area contributed by atoms with Crippen LogP contribution in [0.5, 0.6) is 11.5 Å². The Kier molecular flexibility index (Phi) is 14.8. The van der Waals surface area contributed by atoms with Crippen LogP contribution in [0, 0.1) is 0 Å². The van der Waals surface area contributed by atoms with Crippen molar-refractivity contribution in [1.82, 2.24) is 0 Å². The number of phenolic OH excluding ortho intramolecular Hbond substituents is 2. The van der Waals surface area contributed by atoms with Crippen LogP contribution in [0.4, 0.5) is 0 Å². The average Bonchev–Trinajstić information content (AvgIpc) is 3.02. The van der Waals surface area contributed by atoms with E-state index < -0.39 is 13.2 Å². The molecule has 0 saturated carbocycles. The van der Waals surface area contributed by atoms with Crippen LogP contribution in [-0.2, 0) is 4.74 Å². The van der Waals surface area contributed by atoms with Crippen LogP contribution < -0.4 is 32.9 Å². The van der Waals surface area contributed by atoms with E-state index in [4.69, 9.17) is 4.74 Å². The molecule has 4 aromatic carbocycles. The first kappa shape index (κ1) is 34.4. The highest BCUT2D eigenvalue weighted by atomic mass is 79.9. The molecule has 4 aromatic rings. The maximum Gasteiger partial charge on any atom is 0.341 e. The van der Waals surface area contributed by atoms with Crippen molar-refractivity contribution in [2.24, 2.45) is 0 Å². The summed E-state index contributed by atoms with van der Waals surface area (Å²) in [5.41, 5.74) is 0.0839. The van der Waals surface area contributed by atoms with Crippen molar-refractivity contribution in [3.05, 3.63) is 115 Å². The SMILES string of the molecule is O=C(OCCCCCCCCCCCC[P+](c1ccccc1)(c1ccccc1)c1ccccc1)c1ccc(O)cc1O.[Br-]. The third-order valence-corrected chi connectivity index (χ3v) is 12.4. The predicted molar refractivity (Wildman–Crippen MR) is 176 cm³/mol. The molecule has 0 amide bonds. The lowest BCUT2D eigenvalue weighted by atomic mass is 10.1. The third kappa shape index (κ3) is 9.95. The maximum absolute atomic E-state index is 12.1. The highest BCUT2D eigenvalue weighted by Crippen LogP contribution is 2.56. The molecule has 0 heterocycles. The van der Waals surface area contributed by atoms with E-state index in [0.29, 0.717) is 6.61 Å². The van der Waals surface area contributed by atoms with Crippen molar-refractivity contribution in [3.63, 3.8) is 0 Å². The molecule has 0 aliphatic rings. The van der Waals surface area contributed by atoms with E-state index in [1.807, 2.05) is 0 Å². The van der Waals surface area contributed by atoms with Gasteiger partial charge in [-0.15, -0.1) is 0 Å². The second-order valence-electron chi connectivity index (χ2n) is 10.9. The summed E-state index contributed by atoms with van der Waals surface area (Å²) >= 11 is 0. The molecule has 0 aliphatic heterocycles. The Labute approximate surface area is 268 Å². The number of esters is 1. The first-order valence-electron chi connectivity index (χ1n) is 15.4. The first-order valence-corrected chi connectivity index (χ1v) is 17.3. The zero-order chi connectivity index (χ0) is 29.5. The van der Waals surface area contributed by atoms with Crippen molar-refractivity contribution in [2.75, 3.05) is 12.8 Å². The Morgan fingerprint density at radius 3 is 1.42 bits per heavy atom. The molecule has 0 fully saturated rings. The maximum atomic E-state index is 12.1. The highest BCUT2D eigenvalue weighted by Gasteiger charge is 2.44. The van der Waals surface area contributed by atoms with Gasteiger partial charge in [0.05, 0.1) is 12.8 Å². The fourth-order valence-electron chi connectivity index (χ4n) is 5.68. The first-order chi connectivity index (χ1) is 20.6. The minimum absolute atomic E-state index is 0. The second kappa shape index (κ2) is 18.5. The highest BCUT2D eigenvalue weighted by molar-refractivity contribution is 7.95. The quantitative estimate of drug-likeness (QED) is 0.0932. The molecule has 0 aromatic heterocycles. The zero-order valence-corrected chi connectivity index (χ0v) is 27.4. The van der Waals surface area contributed by atoms with Gasteiger partial charge in [-0.1, -0.05) is 99.5 Å². The van der Waals surface area contributed by atoms with Crippen LogP contribution in [0.25, 0.3) is 0 Å². The zero-order valence-electron chi connectivity index (χ0n) is 24.9. The van der Waals surface area contributed by atoms with Gasteiger partial charge in [-0.3, -0.25) is 0 Å². The minimum Gasteiger partial charge on any atom is -1.00 e. The van der Waals surface area contributed by atoms with Crippen LogP contribution in [0.3, 0.4) is 0 Å². The molecule has 0 spiro atoms. The Morgan fingerprint density at radius 2 is 0.977 bits per heavy atom. The van der Waals surface area contributed by atoms with Crippen LogP contribution >= 0.6 is 7.26 Å². The molecule has 4 nitrogen and oxygen atoms in total. The third-order valence-electron chi connectivity index (χ3n) is 7.91. The van der Waals surface area contributed by atoms with Crippen molar-refractivity contribution in [3.8, 4) is 11.5 Å². The molecule has 4 rings (SSSR count). The number of ether oxygens (including phenoxy) is 1. The van der Waals surface area contributed by atoms with Gasteiger partial charge in [-0.25, -0.2) is 4.79 Å². The Balaban J connectivity index is 0.00000506. The van der Waals surface area contributed by atoms with Crippen LogP contribution in [-0.4, -0.2) is 29.0 Å². The number of aromatic hydroxyl groups is 2. The molecule has 0 bridgehead atoms. The second-order valence-corrected chi connectivity index (χ2v) is 14.5. The largest absolute Gasteiger partial charge is 1.00 e. The van der Waals surface area contributed by atoms with Crippen molar-refractivity contribution < 1.29 is 36.7 Å². The van der Waals surface area contributed by atoms with E-state index in [0.717, 1.165) is 25.3 Å². The molecular formula is C37H44BrO4P. The van der Waals surface area contributed by atoms with Gasteiger partial charge < -0.3 is 31.9 Å². The molecule has 0 aliphatic carbocycles. The number of halogens is 1. The van der Waals surface area contributed by atoms with E-state index >= 15 is 0 Å². The number of hydrogen-bond donors (Lipinski definition) is 2. The Bertz CT molecular complexity index is 1250. The van der Waals surface area contributed by atoms with Crippen LogP contribution in [0.2, 0.25) is 0 Å². The number of phenols is 2. The molecule has 0 unspecified atom stereocenters. The number of rotatable bonds is 17. The smallest absolute Gasteiger partial charge is 0.341 e. The van der Waals surface area contributed by atoms with Crippen molar-refractivity contribution >= 4 is 29.1 Å². The molecule has 0 radical (unpaired) electrons. The van der Waals surface area contributed by atoms with Gasteiger partial charge in [-0.05, 0) is 67.8 Å². The van der Waals surface area contributed by atoms with Gasteiger partial charge in [0, 0.05) is 6.07 Å². The molecule has 43 heavy (non-hydrogen) atoms. The summed E-state index contributed by atoms with van der Waals surface area (Å²) in [5.74, 6) is -0.894. The van der Waals surface area contributed by atoms with Crippen LogP contribution in [0.1, 0.15) is 74.6 Å². The Morgan fingerprint density at radius 1 is 0.558 bits per heavy atom. The molecule has 6 heteroatoms. The summed E-state index contributed by atoms with van der Waals surface area (Å²) in [6.07, 6.45) is 12.9. The summed E-state index contributed by atoms with van der Waals surface area (Å²) in [4.78, 5) is 12.1. The van der Waals surface area contributed by atoms with Gasteiger partial charge in [0.2, 0.25) is 0 Å². The fraction of sp³-hybridized carbons (Fsp3) is 0.324. The summed E-state index contributed by atoms with van der Waals surface area (Å²) < 4.78 is 5.26.